The molecule has 0 unspecified atom stereocenters. The van der Waals surface area contributed by atoms with Gasteiger partial charge in [0.15, 0.2) is 16.3 Å². The lowest BCUT2D eigenvalue weighted by atomic mass is 9.97. The predicted molar refractivity (Wildman–Crippen MR) is 165 cm³/mol. The molecule has 1 aliphatic heterocycles. The van der Waals surface area contributed by atoms with Gasteiger partial charge in [-0.05, 0) is 88.9 Å². The van der Waals surface area contributed by atoms with E-state index in [2.05, 4.69) is 20.9 Å². The van der Waals surface area contributed by atoms with Crippen LogP contribution >= 0.6 is 27.3 Å². The molecule has 43 heavy (non-hydrogen) atoms. The van der Waals surface area contributed by atoms with Crippen LogP contribution in [0.25, 0.3) is 6.08 Å². The van der Waals surface area contributed by atoms with Crippen LogP contribution in [0.15, 0.2) is 86.7 Å². The Balaban J connectivity index is 1.51. The van der Waals surface area contributed by atoms with E-state index in [0.29, 0.717) is 49.8 Å². The topological polar surface area (TPSA) is 88.4 Å². The van der Waals surface area contributed by atoms with E-state index in [0.717, 1.165) is 11.1 Å². The van der Waals surface area contributed by atoms with Crippen molar-refractivity contribution in [2.75, 3.05) is 20.3 Å². The molecule has 0 amide bonds. The number of hydrogen-bond acceptors (Lipinski definition) is 8. The number of halogens is 2. The summed E-state index contributed by atoms with van der Waals surface area (Å²) in [4.78, 5) is 31.5. The minimum absolute atomic E-state index is 0.221. The highest BCUT2D eigenvalue weighted by atomic mass is 79.9. The van der Waals surface area contributed by atoms with Gasteiger partial charge in [0.25, 0.3) is 5.56 Å². The first-order valence-electron chi connectivity index (χ1n) is 13.5. The summed E-state index contributed by atoms with van der Waals surface area (Å²) in [6.07, 6.45) is 3.22. The van der Waals surface area contributed by atoms with Crippen molar-refractivity contribution in [1.82, 2.24) is 4.57 Å². The lowest BCUT2D eigenvalue weighted by molar-refractivity contribution is -0.136. The molecule has 3 aromatic carbocycles. The normalized spacial score (nSPS) is 14.4. The van der Waals surface area contributed by atoms with Gasteiger partial charge in [0.05, 0.1) is 40.9 Å². The molecule has 0 N–H and O–H groups in total. The number of benzene rings is 3. The maximum Gasteiger partial charge on any atom is 0.337 e. The van der Waals surface area contributed by atoms with Crippen molar-refractivity contribution in [3.63, 3.8) is 0 Å². The first-order valence-corrected chi connectivity index (χ1v) is 15.1. The van der Waals surface area contributed by atoms with Crippen molar-refractivity contribution >= 4 is 39.3 Å². The summed E-state index contributed by atoms with van der Waals surface area (Å²) in [5, 5.41) is 0. The molecule has 5 rings (SSSR count). The minimum Gasteiger partial charge on any atom is -0.490 e. The highest BCUT2D eigenvalue weighted by Gasteiger charge is 2.31. The maximum atomic E-state index is 13.9. The molecule has 0 fully saturated rings. The molecular formula is C32H28BrFN2O6S. The van der Waals surface area contributed by atoms with Gasteiger partial charge in [-0.15, -0.1) is 0 Å². The second kappa shape index (κ2) is 13.4. The monoisotopic (exact) mass is 666 g/mol. The van der Waals surface area contributed by atoms with Crippen LogP contribution in [-0.4, -0.2) is 30.9 Å². The fraction of sp³-hybridized carbons (Fsp3) is 0.219. The number of carbonyl (C=O) groups excluding carboxylic acids is 1. The summed E-state index contributed by atoms with van der Waals surface area (Å²) in [7, 11) is 1.29. The first-order chi connectivity index (χ1) is 20.8. The van der Waals surface area contributed by atoms with Gasteiger partial charge in [0.1, 0.15) is 18.2 Å². The molecule has 0 spiro atoms. The van der Waals surface area contributed by atoms with Crippen LogP contribution in [0.5, 0.6) is 17.2 Å². The van der Waals surface area contributed by atoms with Crippen LogP contribution in [0.2, 0.25) is 0 Å². The Bertz CT molecular complexity index is 1870. The molecule has 8 nitrogen and oxygen atoms in total. The summed E-state index contributed by atoms with van der Waals surface area (Å²) in [6.45, 7) is 4.90. The molecular weight excluding hydrogens is 639 g/mol. The fourth-order valence-corrected chi connectivity index (χ4v) is 6.08. The van der Waals surface area contributed by atoms with Gasteiger partial charge in [0, 0.05) is 6.20 Å². The Morgan fingerprint density at radius 1 is 1.00 bits per heavy atom. The SMILES string of the molecule is CCOc1ccc([C@@H]2C(C(=O)OC)=CN=c3s/c(=C\c4ccc(OCc5ccc(F)cc5)c(Br)c4)c(=O)n32)cc1OCC. The Kier molecular flexibility index (Phi) is 9.42. The van der Waals surface area contributed by atoms with Gasteiger partial charge >= 0.3 is 5.97 Å². The van der Waals surface area contributed by atoms with Gasteiger partial charge in [-0.25, -0.2) is 14.2 Å². The second-order valence-electron chi connectivity index (χ2n) is 9.35. The van der Waals surface area contributed by atoms with Gasteiger partial charge < -0.3 is 18.9 Å². The first kappa shape index (κ1) is 30.2. The van der Waals surface area contributed by atoms with Gasteiger partial charge in [0.2, 0.25) is 0 Å². The number of fused-ring (bicyclic) bond motifs is 1. The third kappa shape index (κ3) is 6.57. The number of aromatic nitrogens is 1. The number of ether oxygens (including phenoxy) is 4. The third-order valence-corrected chi connectivity index (χ3v) is 8.19. The zero-order chi connectivity index (χ0) is 30.5. The van der Waals surface area contributed by atoms with Crippen LogP contribution in [0.1, 0.15) is 36.6 Å². The molecule has 0 aliphatic carbocycles. The Morgan fingerprint density at radius 2 is 1.72 bits per heavy atom. The number of hydrogen-bond donors (Lipinski definition) is 0. The molecule has 0 radical (unpaired) electrons. The largest absolute Gasteiger partial charge is 0.490 e. The van der Waals surface area contributed by atoms with E-state index in [4.69, 9.17) is 18.9 Å². The summed E-state index contributed by atoms with van der Waals surface area (Å²) in [5.74, 6) is 0.792. The highest BCUT2D eigenvalue weighted by molar-refractivity contribution is 9.10. The average molecular weight is 668 g/mol. The summed E-state index contributed by atoms with van der Waals surface area (Å²) in [6, 6.07) is 16.2. The fourth-order valence-electron chi connectivity index (χ4n) is 4.60. The van der Waals surface area contributed by atoms with Crippen LogP contribution in [0, 0.1) is 5.82 Å². The quantitative estimate of drug-likeness (QED) is 0.214. The van der Waals surface area contributed by atoms with E-state index >= 15 is 0 Å². The lowest BCUT2D eigenvalue weighted by Crippen LogP contribution is -2.39. The molecule has 0 saturated heterocycles. The Hall–Kier alpha value is -4.22. The molecule has 4 aromatic rings. The smallest absolute Gasteiger partial charge is 0.337 e. The van der Waals surface area contributed by atoms with Crippen molar-refractivity contribution in [2.45, 2.75) is 26.5 Å². The molecule has 1 aliphatic rings. The summed E-state index contributed by atoms with van der Waals surface area (Å²) >= 11 is 4.76. The van der Waals surface area contributed by atoms with Crippen molar-refractivity contribution in [2.24, 2.45) is 4.99 Å². The molecule has 0 saturated carbocycles. The minimum atomic E-state index is -0.783. The van der Waals surface area contributed by atoms with Gasteiger partial charge in [-0.3, -0.25) is 9.36 Å². The molecule has 11 heteroatoms. The number of esters is 1. The van der Waals surface area contributed by atoms with Gasteiger partial charge in [-0.2, -0.15) is 0 Å². The molecule has 1 atom stereocenters. The molecule has 2 heterocycles. The maximum absolute atomic E-state index is 13.9. The Labute approximate surface area is 259 Å². The van der Waals surface area contributed by atoms with Crippen molar-refractivity contribution in [3.8, 4) is 17.2 Å². The van der Waals surface area contributed by atoms with E-state index in [1.165, 1.54) is 41.3 Å². The van der Waals surface area contributed by atoms with Crippen molar-refractivity contribution < 1.29 is 28.1 Å². The summed E-state index contributed by atoms with van der Waals surface area (Å²) < 4.78 is 38.3. The number of methoxy groups -OCH3 is 1. The average Bonchev–Trinajstić information content (AvgIpc) is 3.32. The van der Waals surface area contributed by atoms with E-state index in [1.807, 2.05) is 26.0 Å². The van der Waals surface area contributed by atoms with E-state index in [1.54, 1.807) is 42.5 Å². The second-order valence-corrected chi connectivity index (χ2v) is 11.2. The van der Waals surface area contributed by atoms with Crippen molar-refractivity contribution in [3.05, 3.63) is 119 Å². The van der Waals surface area contributed by atoms with E-state index in [9.17, 15) is 14.0 Å². The van der Waals surface area contributed by atoms with Crippen LogP contribution in [0.4, 0.5) is 4.39 Å². The zero-order valence-corrected chi connectivity index (χ0v) is 26.0. The third-order valence-electron chi connectivity index (χ3n) is 6.57. The number of carbonyl (C=O) groups is 1. The highest BCUT2D eigenvalue weighted by Crippen LogP contribution is 2.35. The van der Waals surface area contributed by atoms with Crippen LogP contribution < -0.4 is 29.1 Å². The zero-order valence-electron chi connectivity index (χ0n) is 23.6. The number of rotatable bonds is 10. The predicted octanol–water partition coefficient (Wildman–Crippen LogP) is 5.30. The molecule has 0 bridgehead atoms. The van der Waals surface area contributed by atoms with E-state index in [-0.39, 0.29) is 23.6 Å². The number of thiazole rings is 1. The van der Waals surface area contributed by atoms with Gasteiger partial charge in [-0.1, -0.05) is 35.6 Å². The standard InChI is InChI=1S/C32H28BrFN2O6S/c1-4-40-26-13-9-21(16-27(26)41-5-2)29-23(31(38)39-3)17-35-32-36(29)30(37)28(43-32)15-20-8-12-25(24(33)14-20)42-18-19-6-10-22(34)11-7-19/h6-17,29H,4-5,18H2,1-3H3/b28-15-/t29-/m1/s1. The number of nitrogens with zero attached hydrogens (tertiary/aromatic N) is 2. The van der Waals surface area contributed by atoms with Crippen LogP contribution in [0.3, 0.4) is 0 Å². The van der Waals surface area contributed by atoms with E-state index < -0.39 is 12.0 Å². The summed E-state index contributed by atoms with van der Waals surface area (Å²) in [5.41, 5.74) is 2.16. The molecule has 222 valence electrons. The Morgan fingerprint density at radius 3 is 2.42 bits per heavy atom. The molecule has 1 aromatic heterocycles. The lowest BCUT2D eigenvalue weighted by Gasteiger charge is -2.23. The van der Waals surface area contributed by atoms with Crippen LogP contribution in [-0.2, 0) is 16.1 Å². The van der Waals surface area contributed by atoms with Crippen molar-refractivity contribution in [1.29, 1.82) is 0 Å².